The normalized spacial score (nSPS) is 11.6. The van der Waals surface area contributed by atoms with Gasteiger partial charge in [-0.05, 0) is 17.0 Å². The highest BCUT2D eigenvalue weighted by molar-refractivity contribution is 6.42. The number of ether oxygens (including phenoxy) is 1. The van der Waals surface area contributed by atoms with Crippen LogP contribution in [-0.2, 0) is 5.41 Å². The number of methoxy groups -OCH3 is 1. The number of halogens is 2. The standard InChI is InChI=1S/C11H14Cl2O/c1-11(2,3)8-5-7(14-4)6-9(12)10(8)13/h5-6H,1-4H3. The quantitative estimate of drug-likeness (QED) is 0.702. The second-order valence-corrected chi connectivity index (χ2v) is 5.01. The molecular weight excluding hydrogens is 219 g/mol. The Morgan fingerprint density at radius 2 is 1.71 bits per heavy atom. The van der Waals surface area contributed by atoms with Gasteiger partial charge in [-0.2, -0.15) is 0 Å². The molecule has 0 bridgehead atoms. The van der Waals surface area contributed by atoms with Gasteiger partial charge in [0.1, 0.15) is 5.75 Å². The van der Waals surface area contributed by atoms with Crippen LogP contribution in [-0.4, -0.2) is 7.11 Å². The first kappa shape index (κ1) is 11.7. The Morgan fingerprint density at radius 3 is 2.14 bits per heavy atom. The molecule has 0 spiro atoms. The zero-order chi connectivity index (χ0) is 10.9. The smallest absolute Gasteiger partial charge is 0.120 e. The van der Waals surface area contributed by atoms with E-state index in [-0.39, 0.29) is 5.41 Å². The highest BCUT2D eigenvalue weighted by atomic mass is 35.5. The molecule has 0 saturated heterocycles. The first-order chi connectivity index (χ1) is 6.36. The third-order valence-corrected chi connectivity index (χ3v) is 2.85. The molecule has 0 saturated carbocycles. The monoisotopic (exact) mass is 232 g/mol. The van der Waals surface area contributed by atoms with E-state index in [4.69, 9.17) is 27.9 Å². The van der Waals surface area contributed by atoms with E-state index in [0.717, 1.165) is 11.3 Å². The maximum Gasteiger partial charge on any atom is 0.120 e. The van der Waals surface area contributed by atoms with Crippen LogP contribution in [0.5, 0.6) is 5.75 Å². The van der Waals surface area contributed by atoms with E-state index < -0.39 is 0 Å². The van der Waals surface area contributed by atoms with E-state index in [1.807, 2.05) is 6.07 Å². The molecule has 0 unspecified atom stereocenters. The molecule has 0 atom stereocenters. The molecule has 0 amide bonds. The first-order valence-corrected chi connectivity index (χ1v) is 5.15. The van der Waals surface area contributed by atoms with Crippen molar-refractivity contribution < 1.29 is 4.74 Å². The summed E-state index contributed by atoms with van der Waals surface area (Å²) in [4.78, 5) is 0. The van der Waals surface area contributed by atoms with Crippen LogP contribution in [0.4, 0.5) is 0 Å². The van der Waals surface area contributed by atoms with Gasteiger partial charge in [0.15, 0.2) is 0 Å². The van der Waals surface area contributed by atoms with Crippen LogP contribution in [0.1, 0.15) is 26.3 Å². The minimum atomic E-state index is -0.0325. The van der Waals surface area contributed by atoms with Gasteiger partial charge in [-0.3, -0.25) is 0 Å². The highest BCUT2D eigenvalue weighted by Crippen LogP contribution is 2.37. The minimum Gasteiger partial charge on any atom is -0.497 e. The van der Waals surface area contributed by atoms with Crippen LogP contribution in [0.15, 0.2) is 12.1 Å². The fraction of sp³-hybridized carbons (Fsp3) is 0.455. The van der Waals surface area contributed by atoms with E-state index in [1.54, 1.807) is 13.2 Å². The highest BCUT2D eigenvalue weighted by Gasteiger charge is 2.20. The molecule has 0 heterocycles. The van der Waals surface area contributed by atoms with Crippen molar-refractivity contribution in [1.82, 2.24) is 0 Å². The summed E-state index contributed by atoms with van der Waals surface area (Å²) >= 11 is 12.1. The Balaban J connectivity index is 3.35. The van der Waals surface area contributed by atoms with E-state index in [1.165, 1.54) is 0 Å². The van der Waals surface area contributed by atoms with Crippen molar-refractivity contribution in [2.45, 2.75) is 26.2 Å². The molecule has 0 radical (unpaired) electrons. The molecule has 78 valence electrons. The average molecular weight is 233 g/mol. The van der Waals surface area contributed by atoms with E-state index in [0.29, 0.717) is 10.0 Å². The molecule has 0 aliphatic heterocycles. The number of benzene rings is 1. The van der Waals surface area contributed by atoms with Gasteiger partial charge in [0.25, 0.3) is 0 Å². The zero-order valence-corrected chi connectivity index (χ0v) is 10.3. The summed E-state index contributed by atoms with van der Waals surface area (Å²) < 4.78 is 5.14. The summed E-state index contributed by atoms with van der Waals surface area (Å²) in [6.07, 6.45) is 0. The van der Waals surface area contributed by atoms with Crippen molar-refractivity contribution in [3.63, 3.8) is 0 Å². The van der Waals surface area contributed by atoms with Crippen LogP contribution in [0.2, 0.25) is 10.0 Å². The molecular formula is C11H14Cl2O. The lowest BCUT2D eigenvalue weighted by Gasteiger charge is -2.21. The van der Waals surface area contributed by atoms with Gasteiger partial charge < -0.3 is 4.74 Å². The fourth-order valence-corrected chi connectivity index (χ4v) is 1.83. The van der Waals surface area contributed by atoms with Crippen LogP contribution < -0.4 is 4.74 Å². The van der Waals surface area contributed by atoms with Gasteiger partial charge in [-0.1, -0.05) is 44.0 Å². The summed E-state index contributed by atoms with van der Waals surface area (Å²) in [6.45, 7) is 6.26. The topological polar surface area (TPSA) is 9.23 Å². The lowest BCUT2D eigenvalue weighted by molar-refractivity contribution is 0.412. The van der Waals surface area contributed by atoms with Crippen LogP contribution in [0.25, 0.3) is 0 Å². The maximum atomic E-state index is 6.12. The molecule has 14 heavy (non-hydrogen) atoms. The zero-order valence-electron chi connectivity index (χ0n) is 8.82. The molecule has 0 fully saturated rings. The molecule has 1 aromatic carbocycles. The first-order valence-electron chi connectivity index (χ1n) is 4.40. The van der Waals surface area contributed by atoms with Gasteiger partial charge in [0, 0.05) is 6.07 Å². The van der Waals surface area contributed by atoms with E-state index in [9.17, 15) is 0 Å². The molecule has 0 aromatic heterocycles. The molecule has 0 aliphatic carbocycles. The molecule has 1 nitrogen and oxygen atoms in total. The van der Waals surface area contributed by atoms with E-state index in [2.05, 4.69) is 20.8 Å². The molecule has 3 heteroatoms. The Kier molecular flexibility index (Phi) is 3.33. The Bertz CT molecular complexity index is 340. The summed E-state index contributed by atoms with van der Waals surface area (Å²) in [7, 11) is 1.62. The van der Waals surface area contributed by atoms with Crippen molar-refractivity contribution in [2.75, 3.05) is 7.11 Å². The maximum absolute atomic E-state index is 6.12. The van der Waals surface area contributed by atoms with Crippen molar-refractivity contribution in [3.05, 3.63) is 27.7 Å². The van der Waals surface area contributed by atoms with Gasteiger partial charge in [0.05, 0.1) is 17.2 Å². The Labute approximate surface area is 95.0 Å². The second kappa shape index (κ2) is 4.00. The fourth-order valence-electron chi connectivity index (χ4n) is 1.23. The van der Waals surface area contributed by atoms with Crippen molar-refractivity contribution in [1.29, 1.82) is 0 Å². The largest absolute Gasteiger partial charge is 0.497 e. The molecule has 1 rings (SSSR count). The summed E-state index contributed by atoms with van der Waals surface area (Å²) in [5.41, 5.74) is 0.971. The third-order valence-electron chi connectivity index (χ3n) is 2.05. The molecule has 0 N–H and O–H groups in total. The van der Waals surface area contributed by atoms with Gasteiger partial charge >= 0.3 is 0 Å². The summed E-state index contributed by atoms with van der Waals surface area (Å²) in [6, 6.07) is 3.65. The SMILES string of the molecule is COc1cc(Cl)c(Cl)c(C(C)(C)C)c1. The average Bonchev–Trinajstić information content (AvgIpc) is 2.07. The minimum absolute atomic E-state index is 0.0325. The predicted molar refractivity (Wildman–Crippen MR) is 61.7 cm³/mol. The van der Waals surface area contributed by atoms with Crippen LogP contribution >= 0.6 is 23.2 Å². The van der Waals surface area contributed by atoms with Crippen molar-refractivity contribution >= 4 is 23.2 Å². The van der Waals surface area contributed by atoms with Crippen molar-refractivity contribution in [2.24, 2.45) is 0 Å². The van der Waals surface area contributed by atoms with Crippen LogP contribution in [0.3, 0.4) is 0 Å². The molecule has 0 aliphatic rings. The Morgan fingerprint density at radius 1 is 1.14 bits per heavy atom. The van der Waals surface area contributed by atoms with Gasteiger partial charge in [0.2, 0.25) is 0 Å². The molecule has 1 aromatic rings. The number of hydrogen-bond donors (Lipinski definition) is 0. The third kappa shape index (κ3) is 2.34. The van der Waals surface area contributed by atoms with E-state index >= 15 is 0 Å². The van der Waals surface area contributed by atoms with Gasteiger partial charge in [-0.25, -0.2) is 0 Å². The van der Waals surface area contributed by atoms with Gasteiger partial charge in [-0.15, -0.1) is 0 Å². The lowest BCUT2D eigenvalue weighted by Crippen LogP contribution is -2.12. The second-order valence-electron chi connectivity index (χ2n) is 4.22. The van der Waals surface area contributed by atoms with Crippen molar-refractivity contribution in [3.8, 4) is 5.75 Å². The lowest BCUT2D eigenvalue weighted by atomic mass is 9.87. The van der Waals surface area contributed by atoms with Crippen LogP contribution in [0, 0.1) is 0 Å². The number of hydrogen-bond acceptors (Lipinski definition) is 1. The summed E-state index contributed by atoms with van der Waals surface area (Å²) in [5, 5.41) is 1.15. The predicted octanol–water partition coefficient (Wildman–Crippen LogP) is 4.30. The number of rotatable bonds is 1. The summed E-state index contributed by atoms with van der Waals surface area (Å²) in [5.74, 6) is 0.740. The Hall–Kier alpha value is -0.400.